The topological polar surface area (TPSA) is 104 Å². The van der Waals surface area contributed by atoms with Crippen molar-refractivity contribution in [3.63, 3.8) is 0 Å². The van der Waals surface area contributed by atoms with Crippen molar-refractivity contribution < 1.29 is 24.3 Å². The Morgan fingerprint density at radius 3 is 1.90 bits per heavy atom. The van der Waals surface area contributed by atoms with E-state index in [1.807, 2.05) is 0 Å². The molecule has 0 unspecified atom stereocenters. The number of carboxylic acid groups (broad SMARTS) is 1. The van der Waals surface area contributed by atoms with Crippen molar-refractivity contribution in [1.29, 1.82) is 0 Å². The van der Waals surface area contributed by atoms with E-state index < -0.39 is 18.4 Å². The van der Waals surface area contributed by atoms with E-state index in [-0.39, 0.29) is 39.9 Å². The molecule has 31 heavy (non-hydrogen) atoms. The fraction of sp³-hybridized carbons (Fsp3) is 0.565. The number of nitrogens with one attached hydrogen (secondary N) is 1. The zero-order valence-electron chi connectivity index (χ0n) is 17.6. The summed E-state index contributed by atoms with van der Waals surface area (Å²) in [6, 6.07) is 4.35. The molecule has 3 rings (SSSR count). The first-order valence-electron chi connectivity index (χ1n) is 11.1. The van der Waals surface area contributed by atoms with Crippen LogP contribution in [0, 0.1) is 11.8 Å². The Hall–Kier alpha value is -2.41. The molecule has 2 aliphatic rings. The molecule has 2 saturated carbocycles. The maximum Gasteiger partial charge on any atom is 0.322 e. The molecule has 2 aliphatic carbocycles. The number of carbonyl (C=O) groups is 4. The fourth-order valence-corrected chi connectivity index (χ4v) is 4.70. The Labute approximate surface area is 187 Å². The van der Waals surface area contributed by atoms with Crippen LogP contribution >= 0.6 is 11.6 Å². The number of nitrogens with zero attached hydrogens (tertiary/aromatic N) is 1. The zero-order valence-corrected chi connectivity index (χ0v) is 18.3. The van der Waals surface area contributed by atoms with Crippen LogP contribution in [0.2, 0.25) is 5.02 Å². The number of hydrogen-bond acceptors (Lipinski definition) is 4. The molecule has 0 heterocycles. The molecule has 168 valence electrons. The number of rotatable bonds is 6. The van der Waals surface area contributed by atoms with Gasteiger partial charge in [0.2, 0.25) is 11.8 Å². The maximum absolute atomic E-state index is 13.5. The summed E-state index contributed by atoms with van der Waals surface area (Å²) in [7, 11) is 0. The van der Waals surface area contributed by atoms with Gasteiger partial charge in [0.05, 0.1) is 10.7 Å². The number of imide groups is 1. The first kappa shape index (κ1) is 23.3. The van der Waals surface area contributed by atoms with E-state index in [0.29, 0.717) is 0 Å². The SMILES string of the molecule is O=C(O)CNC(=O)c1ccc(Cl)c(N(C(=O)C2CCCCC2)C(=O)C2CCCCC2)c1. The molecule has 0 aliphatic heterocycles. The summed E-state index contributed by atoms with van der Waals surface area (Å²) < 4.78 is 0. The average molecular weight is 449 g/mol. The number of hydrogen-bond donors (Lipinski definition) is 2. The molecule has 0 radical (unpaired) electrons. The minimum Gasteiger partial charge on any atom is -0.480 e. The van der Waals surface area contributed by atoms with Gasteiger partial charge in [-0.3, -0.25) is 19.2 Å². The predicted octanol–water partition coefficient (Wildman–Crippen LogP) is 4.17. The highest BCUT2D eigenvalue weighted by atomic mass is 35.5. The summed E-state index contributed by atoms with van der Waals surface area (Å²) in [4.78, 5) is 51.3. The Kier molecular flexibility index (Phi) is 8.07. The summed E-state index contributed by atoms with van der Waals surface area (Å²) >= 11 is 6.42. The molecule has 0 bridgehead atoms. The Bertz CT molecular complexity index is 814. The summed E-state index contributed by atoms with van der Waals surface area (Å²) in [5.74, 6) is -2.73. The summed E-state index contributed by atoms with van der Waals surface area (Å²) in [5.41, 5.74) is 0.356. The highest BCUT2D eigenvalue weighted by Crippen LogP contribution is 2.35. The number of anilines is 1. The van der Waals surface area contributed by atoms with Crippen LogP contribution in [-0.4, -0.2) is 35.3 Å². The smallest absolute Gasteiger partial charge is 0.322 e. The van der Waals surface area contributed by atoms with Crippen molar-refractivity contribution in [3.8, 4) is 0 Å². The quantitative estimate of drug-likeness (QED) is 0.635. The van der Waals surface area contributed by atoms with Crippen LogP contribution in [-0.2, 0) is 14.4 Å². The van der Waals surface area contributed by atoms with E-state index in [0.717, 1.165) is 64.2 Å². The molecule has 2 N–H and O–H groups in total. The van der Waals surface area contributed by atoms with E-state index >= 15 is 0 Å². The number of benzene rings is 1. The number of halogens is 1. The van der Waals surface area contributed by atoms with E-state index in [2.05, 4.69) is 5.32 Å². The lowest BCUT2D eigenvalue weighted by atomic mass is 9.85. The molecule has 8 heteroatoms. The van der Waals surface area contributed by atoms with Gasteiger partial charge < -0.3 is 10.4 Å². The van der Waals surface area contributed by atoms with Gasteiger partial charge in [-0.1, -0.05) is 50.1 Å². The number of aliphatic carboxylic acids is 1. The van der Waals surface area contributed by atoms with Crippen molar-refractivity contribution in [2.75, 3.05) is 11.4 Å². The molecule has 3 amide bonds. The van der Waals surface area contributed by atoms with Gasteiger partial charge in [-0.2, -0.15) is 0 Å². The van der Waals surface area contributed by atoms with Crippen LogP contribution in [0.25, 0.3) is 0 Å². The van der Waals surface area contributed by atoms with Gasteiger partial charge in [-0.05, 0) is 43.9 Å². The van der Waals surface area contributed by atoms with Crippen molar-refractivity contribution in [2.45, 2.75) is 64.2 Å². The predicted molar refractivity (Wildman–Crippen MR) is 117 cm³/mol. The van der Waals surface area contributed by atoms with Crippen molar-refractivity contribution in [3.05, 3.63) is 28.8 Å². The number of carbonyl (C=O) groups excluding carboxylic acids is 3. The van der Waals surface area contributed by atoms with Crippen molar-refractivity contribution >= 4 is 41.0 Å². The van der Waals surface area contributed by atoms with Crippen LogP contribution in [0.5, 0.6) is 0 Å². The Balaban J connectivity index is 1.94. The molecule has 0 saturated heterocycles. The van der Waals surface area contributed by atoms with Gasteiger partial charge >= 0.3 is 5.97 Å². The summed E-state index contributed by atoms with van der Waals surface area (Å²) in [6.07, 6.45) is 8.93. The Morgan fingerprint density at radius 2 is 1.42 bits per heavy atom. The van der Waals surface area contributed by atoms with Crippen molar-refractivity contribution in [1.82, 2.24) is 5.32 Å². The van der Waals surface area contributed by atoms with Crippen LogP contribution < -0.4 is 10.2 Å². The lowest BCUT2D eigenvalue weighted by Crippen LogP contribution is -2.45. The second kappa shape index (κ2) is 10.8. The molecule has 2 fully saturated rings. The molecular formula is C23H29ClN2O5. The Morgan fingerprint density at radius 1 is 0.903 bits per heavy atom. The fourth-order valence-electron chi connectivity index (χ4n) is 4.49. The number of amides is 3. The second-order valence-corrected chi connectivity index (χ2v) is 8.83. The minimum absolute atomic E-state index is 0.151. The van der Waals surface area contributed by atoms with E-state index in [9.17, 15) is 19.2 Å². The first-order chi connectivity index (χ1) is 14.9. The monoisotopic (exact) mass is 448 g/mol. The lowest BCUT2D eigenvalue weighted by molar-refractivity contribution is -0.136. The second-order valence-electron chi connectivity index (χ2n) is 8.42. The van der Waals surface area contributed by atoms with Gasteiger partial charge in [0.25, 0.3) is 5.91 Å². The summed E-state index contributed by atoms with van der Waals surface area (Å²) in [5, 5.41) is 11.3. The lowest BCUT2D eigenvalue weighted by Gasteiger charge is -2.32. The molecule has 7 nitrogen and oxygen atoms in total. The third-order valence-electron chi connectivity index (χ3n) is 6.20. The largest absolute Gasteiger partial charge is 0.480 e. The standard InChI is InChI=1S/C23H29ClN2O5/c24-18-12-11-17(21(29)25-14-20(27)28)13-19(18)26(22(30)15-7-3-1-4-8-15)23(31)16-9-5-2-6-10-16/h11-13,15-16H,1-10,14H2,(H,25,29)(H,27,28). The van der Waals surface area contributed by atoms with Crippen LogP contribution in [0.1, 0.15) is 74.6 Å². The first-order valence-corrected chi connectivity index (χ1v) is 11.4. The van der Waals surface area contributed by atoms with Crippen LogP contribution in [0.15, 0.2) is 18.2 Å². The van der Waals surface area contributed by atoms with Gasteiger partial charge in [0.1, 0.15) is 6.54 Å². The molecular weight excluding hydrogens is 420 g/mol. The molecule has 1 aromatic carbocycles. The van der Waals surface area contributed by atoms with Gasteiger partial charge in [-0.15, -0.1) is 0 Å². The molecule has 0 aromatic heterocycles. The zero-order chi connectivity index (χ0) is 22.4. The normalized spacial score (nSPS) is 17.7. The number of carboxylic acids is 1. The highest BCUT2D eigenvalue weighted by molar-refractivity contribution is 6.35. The van der Waals surface area contributed by atoms with E-state index in [1.54, 1.807) is 0 Å². The van der Waals surface area contributed by atoms with Crippen LogP contribution in [0.3, 0.4) is 0 Å². The molecule has 0 spiro atoms. The highest BCUT2D eigenvalue weighted by Gasteiger charge is 2.36. The summed E-state index contributed by atoms with van der Waals surface area (Å²) in [6.45, 7) is -0.525. The average Bonchev–Trinajstić information content (AvgIpc) is 2.79. The molecule has 1 aromatic rings. The van der Waals surface area contributed by atoms with E-state index in [1.165, 1.54) is 23.1 Å². The van der Waals surface area contributed by atoms with Gasteiger partial charge in [0.15, 0.2) is 0 Å². The maximum atomic E-state index is 13.5. The molecule has 0 atom stereocenters. The van der Waals surface area contributed by atoms with Gasteiger partial charge in [0, 0.05) is 17.4 Å². The third-order valence-corrected chi connectivity index (χ3v) is 6.52. The van der Waals surface area contributed by atoms with E-state index in [4.69, 9.17) is 16.7 Å². The van der Waals surface area contributed by atoms with Crippen molar-refractivity contribution in [2.24, 2.45) is 11.8 Å². The van der Waals surface area contributed by atoms with Crippen LogP contribution in [0.4, 0.5) is 5.69 Å². The third kappa shape index (κ3) is 5.85. The minimum atomic E-state index is -1.16. The van der Waals surface area contributed by atoms with Gasteiger partial charge in [-0.25, -0.2) is 4.90 Å².